The lowest BCUT2D eigenvalue weighted by molar-refractivity contribution is 0.0555. The molecule has 0 radical (unpaired) electrons. The van der Waals surface area contributed by atoms with Crippen molar-refractivity contribution in [3.8, 4) is 6.07 Å². The van der Waals surface area contributed by atoms with Crippen LogP contribution in [0.1, 0.15) is 37.0 Å². The van der Waals surface area contributed by atoms with Crippen LogP contribution >= 0.6 is 0 Å². The summed E-state index contributed by atoms with van der Waals surface area (Å²) < 4.78 is 0. The van der Waals surface area contributed by atoms with Gasteiger partial charge in [-0.1, -0.05) is 13.0 Å². The summed E-state index contributed by atoms with van der Waals surface area (Å²) in [5.41, 5.74) is 2.30. The Morgan fingerprint density at radius 1 is 1.47 bits per heavy atom. The van der Waals surface area contributed by atoms with Crippen LogP contribution < -0.4 is 5.32 Å². The Morgan fingerprint density at radius 2 is 2.18 bits per heavy atom. The highest BCUT2D eigenvalue weighted by Crippen LogP contribution is 2.11. The number of benzene rings is 1. The van der Waals surface area contributed by atoms with Crippen molar-refractivity contribution in [1.29, 1.82) is 5.26 Å². The lowest BCUT2D eigenvalue weighted by atomic mass is 10.0. The van der Waals surface area contributed by atoms with Crippen LogP contribution in [0, 0.1) is 18.3 Å². The molecule has 3 nitrogen and oxygen atoms in total. The molecule has 0 spiro atoms. The number of hydrogen-bond donors (Lipinski definition) is 2. The molecule has 1 unspecified atom stereocenters. The molecule has 0 saturated carbocycles. The summed E-state index contributed by atoms with van der Waals surface area (Å²) >= 11 is 0. The van der Waals surface area contributed by atoms with E-state index in [1.165, 1.54) is 0 Å². The third-order valence-electron chi connectivity index (χ3n) is 3.05. The Hall–Kier alpha value is -1.37. The van der Waals surface area contributed by atoms with Crippen LogP contribution in [0.4, 0.5) is 0 Å². The van der Waals surface area contributed by atoms with Gasteiger partial charge in [0, 0.05) is 13.1 Å². The summed E-state index contributed by atoms with van der Waals surface area (Å²) in [5, 5.41) is 21.9. The minimum atomic E-state index is -0.652. The Morgan fingerprint density at radius 3 is 2.71 bits per heavy atom. The van der Waals surface area contributed by atoms with Crippen molar-refractivity contribution in [2.24, 2.45) is 0 Å². The van der Waals surface area contributed by atoms with Crippen molar-refractivity contribution >= 4 is 0 Å². The van der Waals surface area contributed by atoms with E-state index in [0.29, 0.717) is 18.7 Å². The Bertz CT molecular complexity index is 419. The van der Waals surface area contributed by atoms with Gasteiger partial charge in [-0.2, -0.15) is 5.26 Å². The van der Waals surface area contributed by atoms with E-state index in [1.54, 1.807) is 0 Å². The predicted molar refractivity (Wildman–Crippen MR) is 68.5 cm³/mol. The normalized spacial score (nSPS) is 14.1. The second-order valence-corrected chi connectivity index (χ2v) is 4.71. The molecule has 1 aromatic rings. The quantitative estimate of drug-likeness (QED) is 0.817. The maximum Gasteiger partial charge on any atom is 0.0991 e. The standard InChI is InChI=1S/C14H20N2O/c1-4-14(3,17)10-16-9-13-6-5-12(8-15)7-11(13)2/h5-7,16-17H,4,9-10H2,1-3H3. The Labute approximate surface area is 103 Å². The minimum absolute atomic E-state index is 0.572. The monoisotopic (exact) mass is 232 g/mol. The van der Waals surface area contributed by atoms with Crippen molar-refractivity contribution < 1.29 is 5.11 Å². The van der Waals surface area contributed by atoms with Gasteiger partial charge in [0.25, 0.3) is 0 Å². The highest BCUT2D eigenvalue weighted by atomic mass is 16.3. The van der Waals surface area contributed by atoms with E-state index in [9.17, 15) is 5.11 Å². The van der Waals surface area contributed by atoms with Crippen LogP contribution in [0.2, 0.25) is 0 Å². The first-order valence-electron chi connectivity index (χ1n) is 5.91. The van der Waals surface area contributed by atoms with E-state index >= 15 is 0 Å². The fourth-order valence-electron chi connectivity index (χ4n) is 1.56. The average Bonchev–Trinajstić information content (AvgIpc) is 2.31. The number of hydrogen-bond acceptors (Lipinski definition) is 3. The smallest absolute Gasteiger partial charge is 0.0991 e. The van der Waals surface area contributed by atoms with E-state index in [-0.39, 0.29) is 0 Å². The molecule has 0 saturated heterocycles. The molecule has 0 aliphatic heterocycles. The number of nitrogens with zero attached hydrogens (tertiary/aromatic N) is 1. The summed E-state index contributed by atoms with van der Waals surface area (Å²) in [4.78, 5) is 0. The molecular weight excluding hydrogens is 212 g/mol. The number of rotatable bonds is 5. The first kappa shape index (κ1) is 13.7. The number of nitrogens with one attached hydrogen (secondary N) is 1. The molecule has 1 atom stereocenters. The molecule has 0 aliphatic rings. The molecular formula is C14H20N2O. The average molecular weight is 232 g/mol. The van der Waals surface area contributed by atoms with Crippen molar-refractivity contribution in [3.05, 3.63) is 34.9 Å². The van der Waals surface area contributed by atoms with Gasteiger partial charge < -0.3 is 10.4 Å². The number of aryl methyl sites for hydroxylation is 1. The molecule has 0 heterocycles. The van der Waals surface area contributed by atoms with E-state index in [2.05, 4.69) is 11.4 Å². The SMILES string of the molecule is CCC(C)(O)CNCc1ccc(C#N)cc1C. The van der Waals surface area contributed by atoms with Crippen LogP contribution in [0.5, 0.6) is 0 Å². The Balaban J connectivity index is 2.56. The van der Waals surface area contributed by atoms with Crippen LogP contribution in [-0.2, 0) is 6.54 Å². The summed E-state index contributed by atoms with van der Waals surface area (Å²) in [7, 11) is 0. The number of aliphatic hydroxyl groups is 1. The molecule has 0 amide bonds. The second-order valence-electron chi connectivity index (χ2n) is 4.71. The zero-order valence-corrected chi connectivity index (χ0v) is 10.7. The molecule has 0 bridgehead atoms. The first-order valence-corrected chi connectivity index (χ1v) is 5.91. The van der Waals surface area contributed by atoms with Gasteiger partial charge >= 0.3 is 0 Å². The summed E-state index contributed by atoms with van der Waals surface area (Å²) in [5.74, 6) is 0. The fraction of sp³-hybridized carbons (Fsp3) is 0.500. The molecule has 92 valence electrons. The van der Waals surface area contributed by atoms with Crippen molar-refractivity contribution in [2.45, 2.75) is 39.3 Å². The molecule has 2 N–H and O–H groups in total. The van der Waals surface area contributed by atoms with Crippen LogP contribution in [0.3, 0.4) is 0 Å². The summed E-state index contributed by atoms with van der Waals surface area (Å²) in [6.45, 7) is 7.08. The molecule has 1 aromatic carbocycles. The van der Waals surface area contributed by atoms with Crippen molar-refractivity contribution in [1.82, 2.24) is 5.32 Å². The zero-order chi connectivity index (χ0) is 12.9. The molecule has 1 rings (SSSR count). The van der Waals surface area contributed by atoms with Crippen LogP contribution in [0.25, 0.3) is 0 Å². The Kier molecular flexibility index (Phi) is 4.68. The summed E-state index contributed by atoms with van der Waals surface area (Å²) in [6, 6.07) is 7.79. The molecule has 0 aromatic heterocycles. The van der Waals surface area contributed by atoms with E-state index in [0.717, 1.165) is 17.5 Å². The van der Waals surface area contributed by atoms with Crippen molar-refractivity contribution in [3.63, 3.8) is 0 Å². The molecule has 3 heteroatoms. The highest BCUT2D eigenvalue weighted by molar-refractivity contribution is 5.37. The first-order chi connectivity index (χ1) is 7.98. The second kappa shape index (κ2) is 5.81. The predicted octanol–water partition coefficient (Wildman–Crippen LogP) is 2.12. The van der Waals surface area contributed by atoms with Gasteiger partial charge in [0.15, 0.2) is 0 Å². The van der Waals surface area contributed by atoms with Gasteiger partial charge in [0.1, 0.15) is 0 Å². The van der Waals surface area contributed by atoms with Crippen LogP contribution in [-0.4, -0.2) is 17.3 Å². The fourth-order valence-corrected chi connectivity index (χ4v) is 1.56. The third kappa shape index (κ3) is 4.18. The number of nitriles is 1. The van der Waals surface area contributed by atoms with Gasteiger partial charge in [-0.3, -0.25) is 0 Å². The molecule has 0 fully saturated rings. The summed E-state index contributed by atoms with van der Waals surface area (Å²) in [6.07, 6.45) is 0.729. The molecule has 17 heavy (non-hydrogen) atoms. The lowest BCUT2D eigenvalue weighted by Crippen LogP contribution is -2.36. The molecule has 0 aliphatic carbocycles. The zero-order valence-electron chi connectivity index (χ0n) is 10.7. The highest BCUT2D eigenvalue weighted by Gasteiger charge is 2.16. The van der Waals surface area contributed by atoms with Gasteiger partial charge in [-0.15, -0.1) is 0 Å². The van der Waals surface area contributed by atoms with Gasteiger partial charge in [-0.05, 0) is 43.5 Å². The van der Waals surface area contributed by atoms with Crippen LogP contribution in [0.15, 0.2) is 18.2 Å². The maximum atomic E-state index is 9.85. The minimum Gasteiger partial charge on any atom is -0.389 e. The topological polar surface area (TPSA) is 56.0 Å². The van der Waals surface area contributed by atoms with Gasteiger partial charge in [0.05, 0.1) is 17.2 Å². The van der Waals surface area contributed by atoms with Crippen molar-refractivity contribution in [2.75, 3.05) is 6.54 Å². The van der Waals surface area contributed by atoms with Gasteiger partial charge in [0.2, 0.25) is 0 Å². The largest absolute Gasteiger partial charge is 0.389 e. The maximum absolute atomic E-state index is 9.85. The van der Waals surface area contributed by atoms with E-state index < -0.39 is 5.60 Å². The third-order valence-corrected chi connectivity index (χ3v) is 3.05. The van der Waals surface area contributed by atoms with E-state index in [1.807, 2.05) is 39.0 Å². The van der Waals surface area contributed by atoms with E-state index in [4.69, 9.17) is 5.26 Å². The lowest BCUT2D eigenvalue weighted by Gasteiger charge is -2.22. The van der Waals surface area contributed by atoms with Gasteiger partial charge in [-0.25, -0.2) is 0 Å².